The molecule has 0 radical (unpaired) electrons. The third-order valence-electron chi connectivity index (χ3n) is 5.15. The van der Waals surface area contributed by atoms with Crippen molar-refractivity contribution in [1.29, 1.82) is 0 Å². The van der Waals surface area contributed by atoms with Crippen molar-refractivity contribution in [2.45, 2.75) is 59.0 Å². The molecule has 1 fully saturated rings. The topological polar surface area (TPSA) is 15.3 Å². The molecule has 0 amide bonds. The van der Waals surface area contributed by atoms with Gasteiger partial charge in [-0.1, -0.05) is 38.1 Å². The van der Waals surface area contributed by atoms with Gasteiger partial charge in [0.25, 0.3) is 0 Å². The van der Waals surface area contributed by atoms with Crippen LogP contribution in [0.25, 0.3) is 0 Å². The quantitative estimate of drug-likeness (QED) is 0.739. The van der Waals surface area contributed by atoms with Gasteiger partial charge in [-0.15, -0.1) is 0 Å². The van der Waals surface area contributed by atoms with E-state index in [0.717, 1.165) is 12.6 Å². The van der Waals surface area contributed by atoms with Crippen LogP contribution in [-0.4, -0.2) is 31.1 Å². The van der Waals surface area contributed by atoms with Crippen LogP contribution >= 0.6 is 0 Å². The number of rotatable bonds is 9. The summed E-state index contributed by atoms with van der Waals surface area (Å²) in [5, 5.41) is 3.75. The average Bonchev–Trinajstić information content (AvgIpc) is 3.30. The standard InChI is InChI=1S/C19H32N2/c1-5-19(6-2,14-20-18-11-12-18)15-21(4)13-17-10-8-7-9-16(17)3/h7-10,18,20H,5-6,11-15H2,1-4H3. The molecule has 1 N–H and O–H groups in total. The maximum absolute atomic E-state index is 3.75. The van der Waals surface area contributed by atoms with Gasteiger partial charge in [0.05, 0.1) is 0 Å². The minimum absolute atomic E-state index is 0.417. The van der Waals surface area contributed by atoms with E-state index in [1.54, 1.807) is 0 Å². The van der Waals surface area contributed by atoms with E-state index >= 15 is 0 Å². The molecule has 0 aromatic heterocycles. The highest BCUT2D eigenvalue weighted by Crippen LogP contribution is 2.29. The Kier molecular flexibility index (Phi) is 5.83. The predicted octanol–water partition coefficient (Wildman–Crippen LogP) is 3.99. The van der Waals surface area contributed by atoms with E-state index < -0.39 is 0 Å². The highest BCUT2D eigenvalue weighted by atomic mass is 15.1. The number of benzene rings is 1. The summed E-state index contributed by atoms with van der Waals surface area (Å²) in [6.07, 6.45) is 5.26. The fourth-order valence-electron chi connectivity index (χ4n) is 3.13. The van der Waals surface area contributed by atoms with Crippen LogP contribution < -0.4 is 5.32 Å². The lowest BCUT2D eigenvalue weighted by atomic mass is 9.81. The van der Waals surface area contributed by atoms with E-state index in [1.807, 2.05) is 0 Å². The summed E-state index contributed by atoms with van der Waals surface area (Å²) >= 11 is 0. The Hall–Kier alpha value is -0.860. The maximum atomic E-state index is 3.75. The van der Waals surface area contributed by atoms with Crippen molar-refractivity contribution in [2.75, 3.05) is 20.1 Å². The summed E-state index contributed by atoms with van der Waals surface area (Å²) in [6.45, 7) is 10.3. The fraction of sp³-hybridized carbons (Fsp3) is 0.684. The van der Waals surface area contributed by atoms with E-state index in [2.05, 4.69) is 62.3 Å². The van der Waals surface area contributed by atoms with Gasteiger partial charge in [-0.05, 0) is 56.2 Å². The summed E-state index contributed by atoms with van der Waals surface area (Å²) in [5.41, 5.74) is 3.27. The Morgan fingerprint density at radius 3 is 2.43 bits per heavy atom. The van der Waals surface area contributed by atoms with Crippen molar-refractivity contribution < 1.29 is 0 Å². The van der Waals surface area contributed by atoms with Crippen LogP contribution in [0.1, 0.15) is 50.7 Å². The molecule has 2 nitrogen and oxygen atoms in total. The van der Waals surface area contributed by atoms with Gasteiger partial charge in [0, 0.05) is 25.7 Å². The predicted molar refractivity (Wildman–Crippen MR) is 91.6 cm³/mol. The molecule has 0 atom stereocenters. The monoisotopic (exact) mass is 288 g/mol. The Morgan fingerprint density at radius 2 is 1.86 bits per heavy atom. The molecule has 118 valence electrons. The molecule has 0 heterocycles. The lowest BCUT2D eigenvalue weighted by Crippen LogP contribution is -2.42. The third-order valence-corrected chi connectivity index (χ3v) is 5.15. The molecule has 1 aliphatic carbocycles. The van der Waals surface area contributed by atoms with Crippen molar-refractivity contribution in [3.05, 3.63) is 35.4 Å². The first-order chi connectivity index (χ1) is 10.1. The van der Waals surface area contributed by atoms with E-state index in [4.69, 9.17) is 0 Å². The third kappa shape index (κ3) is 4.82. The van der Waals surface area contributed by atoms with Crippen molar-refractivity contribution >= 4 is 0 Å². The minimum Gasteiger partial charge on any atom is -0.313 e. The van der Waals surface area contributed by atoms with Crippen LogP contribution in [0, 0.1) is 12.3 Å². The molecule has 2 heteroatoms. The van der Waals surface area contributed by atoms with Gasteiger partial charge in [-0.3, -0.25) is 0 Å². The second-order valence-corrected chi connectivity index (χ2v) is 6.96. The smallest absolute Gasteiger partial charge is 0.0233 e. The summed E-state index contributed by atoms with van der Waals surface area (Å²) < 4.78 is 0. The fourth-order valence-corrected chi connectivity index (χ4v) is 3.13. The van der Waals surface area contributed by atoms with Gasteiger partial charge in [-0.2, -0.15) is 0 Å². The number of nitrogens with one attached hydrogen (secondary N) is 1. The van der Waals surface area contributed by atoms with Crippen molar-refractivity contribution in [3.8, 4) is 0 Å². The molecule has 1 aromatic rings. The van der Waals surface area contributed by atoms with E-state index in [-0.39, 0.29) is 0 Å². The molecular formula is C19H32N2. The molecule has 0 unspecified atom stereocenters. The minimum atomic E-state index is 0.417. The first-order valence-corrected chi connectivity index (χ1v) is 8.55. The molecule has 0 saturated heterocycles. The van der Waals surface area contributed by atoms with Crippen LogP contribution in [0.4, 0.5) is 0 Å². The number of hydrogen-bond acceptors (Lipinski definition) is 2. The molecule has 0 bridgehead atoms. The summed E-state index contributed by atoms with van der Waals surface area (Å²) in [6, 6.07) is 9.56. The van der Waals surface area contributed by atoms with Crippen LogP contribution in [-0.2, 0) is 6.54 Å². The van der Waals surface area contributed by atoms with E-state index in [0.29, 0.717) is 5.41 Å². The second kappa shape index (κ2) is 7.42. The Labute approximate surface area is 130 Å². The molecule has 21 heavy (non-hydrogen) atoms. The molecule has 0 spiro atoms. The highest BCUT2D eigenvalue weighted by molar-refractivity contribution is 5.25. The van der Waals surface area contributed by atoms with Gasteiger partial charge < -0.3 is 10.2 Å². The molecule has 1 aromatic carbocycles. The Bertz CT molecular complexity index is 433. The van der Waals surface area contributed by atoms with Crippen molar-refractivity contribution in [2.24, 2.45) is 5.41 Å². The van der Waals surface area contributed by atoms with Gasteiger partial charge in [0.1, 0.15) is 0 Å². The first kappa shape index (κ1) is 16.5. The van der Waals surface area contributed by atoms with Gasteiger partial charge >= 0.3 is 0 Å². The highest BCUT2D eigenvalue weighted by Gasteiger charge is 2.30. The van der Waals surface area contributed by atoms with Gasteiger partial charge in [0.2, 0.25) is 0 Å². The molecular weight excluding hydrogens is 256 g/mol. The SMILES string of the molecule is CCC(CC)(CNC1CC1)CN(C)Cc1ccccc1C. The lowest BCUT2D eigenvalue weighted by Gasteiger charge is -2.36. The van der Waals surface area contributed by atoms with Gasteiger partial charge in [-0.25, -0.2) is 0 Å². The molecule has 2 rings (SSSR count). The van der Waals surface area contributed by atoms with Crippen LogP contribution in [0.2, 0.25) is 0 Å². The van der Waals surface area contributed by atoms with Crippen LogP contribution in [0.15, 0.2) is 24.3 Å². The first-order valence-electron chi connectivity index (χ1n) is 8.55. The number of nitrogens with zero attached hydrogens (tertiary/aromatic N) is 1. The molecule has 1 aliphatic rings. The Morgan fingerprint density at radius 1 is 1.19 bits per heavy atom. The maximum Gasteiger partial charge on any atom is 0.0233 e. The average molecular weight is 288 g/mol. The zero-order chi connectivity index (χ0) is 15.3. The zero-order valence-electron chi connectivity index (χ0n) is 14.3. The Balaban J connectivity index is 1.93. The zero-order valence-corrected chi connectivity index (χ0v) is 14.3. The largest absolute Gasteiger partial charge is 0.313 e. The van der Waals surface area contributed by atoms with E-state index in [9.17, 15) is 0 Å². The summed E-state index contributed by atoms with van der Waals surface area (Å²) in [4.78, 5) is 2.50. The number of aryl methyl sites for hydroxylation is 1. The summed E-state index contributed by atoms with van der Waals surface area (Å²) in [7, 11) is 2.27. The van der Waals surface area contributed by atoms with Crippen molar-refractivity contribution in [3.63, 3.8) is 0 Å². The van der Waals surface area contributed by atoms with Crippen LogP contribution in [0.5, 0.6) is 0 Å². The summed E-state index contributed by atoms with van der Waals surface area (Å²) in [5.74, 6) is 0. The molecule has 1 saturated carbocycles. The van der Waals surface area contributed by atoms with Crippen LogP contribution in [0.3, 0.4) is 0 Å². The lowest BCUT2D eigenvalue weighted by molar-refractivity contribution is 0.150. The second-order valence-electron chi connectivity index (χ2n) is 6.96. The molecule has 0 aliphatic heterocycles. The van der Waals surface area contributed by atoms with E-state index in [1.165, 1.54) is 49.9 Å². The normalized spacial score (nSPS) is 15.7. The van der Waals surface area contributed by atoms with Crippen molar-refractivity contribution in [1.82, 2.24) is 10.2 Å². The number of hydrogen-bond donors (Lipinski definition) is 1. The van der Waals surface area contributed by atoms with Gasteiger partial charge in [0.15, 0.2) is 0 Å².